The third kappa shape index (κ3) is 3.60. The van der Waals surface area contributed by atoms with Crippen LogP contribution >= 0.6 is 11.6 Å². The highest BCUT2D eigenvalue weighted by Gasteiger charge is 2.14. The number of methoxy groups -OCH3 is 1. The van der Waals surface area contributed by atoms with E-state index in [0.717, 1.165) is 37.4 Å². The first kappa shape index (κ1) is 12.7. The van der Waals surface area contributed by atoms with Gasteiger partial charge in [0.15, 0.2) is 0 Å². The molecule has 0 radical (unpaired) electrons. The minimum Gasteiger partial charge on any atom is -0.495 e. The maximum Gasteiger partial charge on any atom is 0.137 e. The van der Waals surface area contributed by atoms with Crippen molar-refractivity contribution in [1.82, 2.24) is 5.32 Å². The summed E-state index contributed by atoms with van der Waals surface area (Å²) in [5.41, 5.74) is 1.16. The summed E-state index contributed by atoms with van der Waals surface area (Å²) in [4.78, 5) is 0. The first-order valence-corrected chi connectivity index (χ1v) is 6.32. The third-order valence-corrected chi connectivity index (χ3v) is 3.24. The lowest BCUT2D eigenvalue weighted by molar-refractivity contribution is 0.110. The molecule has 2 rings (SSSR count). The number of rotatable bonds is 5. The Kier molecular flexibility index (Phi) is 4.66. The highest BCUT2D eigenvalue weighted by atomic mass is 35.5. The average Bonchev–Trinajstić information content (AvgIpc) is 2.82. The van der Waals surface area contributed by atoms with Gasteiger partial charge < -0.3 is 14.8 Å². The Balaban J connectivity index is 1.80. The Morgan fingerprint density at radius 2 is 2.41 bits per heavy atom. The zero-order valence-corrected chi connectivity index (χ0v) is 10.8. The zero-order valence-electron chi connectivity index (χ0n) is 10.0. The maximum absolute atomic E-state index is 6.06. The van der Waals surface area contributed by atoms with Gasteiger partial charge in [-0.25, -0.2) is 0 Å². The number of nitrogens with one attached hydrogen (secondary N) is 1. The predicted molar refractivity (Wildman–Crippen MR) is 68.7 cm³/mol. The molecule has 0 amide bonds. The molecule has 0 bridgehead atoms. The standard InChI is InChI=1S/C13H18ClNO2/c1-16-13-5-4-10(7-12(13)14)8-15-9-11-3-2-6-17-11/h4-5,7,11,15H,2-3,6,8-9H2,1H3/t11-/m0/s1. The van der Waals surface area contributed by atoms with Crippen molar-refractivity contribution in [3.8, 4) is 5.75 Å². The lowest BCUT2D eigenvalue weighted by atomic mass is 10.2. The van der Waals surface area contributed by atoms with E-state index < -0.39 is 0 Å². The van der Waals surface area contributed by atoms with Gasteiger partial charge >= 0.3 is 0 Å². The SMILES string of the molecule is COc1ccc(CNC[C@@H]2CCCO2)cc1Cl. The van der Waals surface area contributed by atoms with Gasteiger partial charge in [0.1, 0.15) is 5.75 Å². The largest absolute Gasteiger partial charge is 0.495 e. The fourth-order valence-corrected chi connectivity index (χ4v) is 2.28. The second kappa shape index (κ2) is 6.24. The van der Waals surface area contributed by atoms with Crippen LogP contribution in [0.1, 0.15) is 18.4 Å². The van der Waals surface area contributed by atoms with E-state index in [2.05, 4.69) is 5.32 Å². The highest BCUT2D eigenvalue weighted by Crippen LogP contribution is 2.24. The molecule has 0 saturated carbocycles. The summed E-state index contributed by atoms with van der Waals surface area (Å²) in [5, 5.41) is 4.04. The van der Waals surface area contributed by atoms with Crippen LogP contribution < -0.4 is 10.1 Å². The topological polar surface area (TPSA) is 30.5 Å². The number of hydrogen-bond donors (Lipinski definition) is 1. The summed E-state index contributed by atoms with van der Waals surface area (Å²) in [6, 6.07) is 5.85. The van der Waals surface area contributed by atoms with Gasteiger partial charge in [-0.2, -0.15) is 0 Å². The second-order valence-corrected chi connectivity index (χ2v) is 4.64. The van der Waals surface area contributed by atoms with Gasteiger partial charge in [-0.15, -0.1) is 0 Å². The summed E-state index contributed by atoms with van der Waals surface area (Å²) in [6.45, 7) is 2.62. The summed E-state index contributed by atoms with van der Waals surface area (Å²) in [6.07, 6.45) is 2.72. The van der Waals surface area contributed by atoms with Crippen molar-refractivity contribution < 1.29 is 9.47 Å². The Bertz CT molecular complexity index is 364. The van der Waals surface area contributed by atoms with Crippen LogP contribution in [0.15, 0.2) is 18.2 Å². The maximum atomic E-state index is 6.06. The van der Waals surface area contributed by atoms with Crippen molar-refractivity contribution in [3.05, 3.63) is 28.8 Å². The summed E-state index contributed by atoms with van der Waals surface area (Å²) < 4.78 is 10.7. The Labute approximate surface area is 107 Å². The molecule has 4 heteroatoms. The predicted octanol–water partition coefficient (Wildman–Crippen LogP) is 2.62. The Hall–Kier alpha value is -0.770. The first-order valence-electron chi connectivity index (χ1n) is 5.94. The molecule has 3 nitrogen and oxygen atoms in total. The molecule has 0 spiro atoms. The average molecular weight is 256 g/mol. The minimum absolute atomic E-state index is 0.378. The van der Waals surface area contributed by atoms with Crippen LogP contribution in [0.25, 0.3) is 0 Å². The second-order valence-electron chi connectivity index (χ2n) is 4.23. The van der Waals surface area contributed by atoms with Crippen LogP contribution in [0.5, 0.6) is 5.75 Å². The normalized spacial score (nSPS) is 19.5. The van der Waals surface area contributed by atoms with E-state index in [9.17, 15) is 0 Å². The molecule has 1 heterocycles. The molecule has 0 aliphatic carbocycles. The smallest absolute Gasteiger partial charge is 0.137 e. The number of benzene rings is 1. The van der Waals surface area contributed by atoms with Gasteiger partial charge in [-0.1, -0.05) is 17.7 Å². The van der Waals surface area contributed by atoms with Gasteiger partial charge in [0.05, 0.1) is 18.2 Å². The molecule has 0 aromatic heterocycles. The molecular formula is C13H18ClNO2. The molecule has 1 saturated heterocycles. The molecule has 1 aliphatic heterocycles. The van der Waals surface area contributed by atoms with Crippen molar-refractivity contribution in [2.24, 2.45) is 0 Å². The van der Waals surface area contributed by atoms with E-state index in [1.54, 1.807) is 7.11 Å². The molecule has 1 aliphatic rings. The van der Waals surface area contributed by atoms with Crippen molar-refractivity contribution in [2.45, 2.75) is 25.5 Å². The number of ether oxygens (including phenoxy) is 2. The van der Waals surface area contributed by atoms with Crippen LogP contribution in [0.3, 0.4) is 0 Å². The minimum atomic E-state index is 0.378. The molecule has 1 aromatic carbocycles. The van der Waals surface area contributed by atoms with E-state index in [4.69, 9.17) is 21.1 Å². The molecule has 1 aromatic rings. The van der Waals surface area contributed by atoms with E-state index in [1.165, 1.54) is 6.42 Å². The third-order valence-electron chi connectivity index (χ3n) is 2.94. The van der Waals surface area contributed by atoms with Crippen molar-refractivity contribution >= 4 is 11.6 Å². The van der Waals surface area contributed by atoms with E-state index in [-0.39, 0.29) is 0 Å². The van der Waals surface area contributed by atoms with Crippen molar-refractivity contribution in [3.63, 3.8) is 0 Å². The van der Waals surface area contributed by atoms with Gasteiger partial charge in [-0.05, 0) is 30.5 Å². The van der Waals surface area contributed by atoms with Gasteiger partial charge in [0.2, 0.25) is 0 Å². The van der Waals surface area contributed by atoms with Gasteiger partial charge in [-0.3, -0.25) is 0 Å². The van der Waals surface area contributed by atoms with Crippen molar-refractivity contribution in [1.29, 1.82) is 0 Å². The molecule has 94 valence electrons. The molecule has 17 heavy (non-hydrogen) atoms. The first-order chi connectivity index (χ1) is 8.29. The van der Waals surface area contributed by atoms with E-state index >= 15 is 0 Å². The highest BCUT2D eigenvalue weighted by molar-refractivity contribution is 6.32. The molecule has 1 N–H and O–H groups in total. The van der Waals surface area contributed by atoms with Crippen LogP contribution in [0, 0.1) is 0 Å². The monoisotopic (exact) mass is 255 g/mol. The quantitative estimate of drug-likeness (QED) is 0.877. The number of halogens is 1. The Morgan fingerprint density at radius 3 is 3.06 bits per heavy atom. The van der Waals surface area contributed by atoms with E-state index in [0.29, 0.717) is 11.1 Å². The lowest BCUT2D eigenvalue weighted by Gasteiger charge is -2.11. The van der Waals surface area contributed by atoms with Gasteiger partial charge in [0.25, 0.3) is 0 Å². The van der Waals surface area contributed by atoms with Crippen LogP contribution in [-0.4, -0.2) is 26.4 Å². The summed E-state index contributed by atoms with van der Waals surface area (Å²) in [7, 11) is 1.62. The fourth-order valence-electron chi connectivity index (χ4n) is 2.00. The zero-order chi connectivity index (χ0) is 12.1. The van der Waals surface area contributed by atoms with Gasteiger partial charge in [0, 0.05) is 19.7 Å². The lowest BCUT2D eigenvalue weighted by Crippen LogP contribution is -2.25. The Morgan fingerprint density at radius 1 is 1.53 bits per heavy atom. The van der Waals surface area contributed by atoms with Crippen LogP contribution in [0.2, 0.25) is 5.02 Å². The van der Waals surface area contributed by atoms with E-state index in [1.807, 2.05) is 18.2 Å². The summed E-state index contributed by atoms with van der Waals surface area (Å²) in [5.74, 6) is 0.717. The van der Waals surface area contributed by atoms with Crippen LogP contribution in [0.4, 0.5) is 0 Å². The fraction of sp³-hybridized carbons (Fsp3) is 0.538. The van der Waals surface area contributed by atoms with Crippen molar-refractivity contribution in [2.75, 3.05) is 20.3 Å². The van der Waals surface area contributed by atoms with Crippen LogP contribution in [-0.2, 0) is 11.3 Å². The molecule has 1 atom stereocenters. The number of hydrogen-bond acceptors (Lipinski definition) is 3. The summed E-state index contributed by atoms with van der Waals surface area (Å²) >= 11 is 6.06. The molecular weight excluding hydrogens is 238 g/mol. The molecule has 0 unspecified atom stereocenters. The molecule has 1 fully saturated rings.